The van der Waals surface area contributed by atoms with Crippen LogP contribution in [0.25, 0.3) is 16.9 Å². The number of thioether (sulfide) groups is 1. The second-order valence-corrected chi connectivity index (χ2v) is 7.59. The summed E-state index contributed by atoms with van der Waals surface area (Å²) in [7, 11) is 0. The zero-order valence-corrected chi connectivity index (χ0v) is 16.0. The van der Waals surface area contributed by atoms with E-state index in [1.807, 2.05) is 40.7 Å². The van der Waals surface area contributed by atoms with E-state index in [4.69, 9.17) is 4.98 Å². The minimum atomic E-state index is -4.36. The van der Waals surface area contributed by atoms with Gasteiger partial charge in [0.25, 0.3) is 0 Å². The van der Waals surface area contributed by atoms with E-state index in [1.165, 1.54) is 23.9 Å². The highest BCUT2D eigenvalue weighted by Gasteiger charge is 2.33. The maximum atomic E-state index is 13.0. The lowest BCUT2D eigenvalue weighted by Crippen LogP contribution is -2.15. The summed E-state index contributed by atoms with van der Waals surface area (Å²) in [4.78, 5) is 16.1. The number of halogens is 3. The van der Waals surface area contributed by atoms with Gasteiger partial charge < -0.3 is 4.90 Å². The summed E-state index contributed by atoms with van der Waals surface area (Å²) in [5.74, 6) is 2.44. The summed E-state index contributed by atoms with van der Waals surface area (Å²) >= 11 is 1.35. The number of rotatable bonds is 2. The molecule has 0 fully saturated rings. The average molecular weight is 413 g/mol. The second kappa shape index (κ2) is 6.48. The fraction of sp³-hybridized carbons (Fsp3) is 0.150. The maximum Gasteiger partial charge on any atom is 0.416 e. The van der Waals surface area contributed by atoms with E-state index in [0.29, 0.717) is 28.1 Å². The highest BCUT2D eigenvalue weighted by atomic mass is 32.2. The summed E-state index contributed by atoms with van der Waals surface area (Å²) in [6.45, 7) is 1.90. The second-order valence-electron chi connectivity index (χ2n) is 6.60. The minimum Gasteiger partial charge on any atom is -0.314 e. The molecule has 0 radical (unpaired) electrons. The van der Waals surface area contributed by atoms with Crippen LogP contribution in [0.15, 0.2) is 59.8 Å². The van der Waals surface area contributed by atoms with Crippen LogP contribution in [0.3, 0.4) is 0 Å². The number of benzene rings is 2. The van der Waals surface area contributed by atoms with Gasteiger partial charge in [0.05, 0.1) is 40.6 Å². The lowest BCUT2D eigenvalue weighted by atomic mass is 10.2. The summed E-state index contributed by atoms with van der Waals surface area (Å²) in [5.41, 5.74) is 1.83. The molecule has 0 aliphatic carbocycles. The monoisotopic (exact) mass is 413 g/mol. The van der Waals surface area contributed by atoms with Crippen molar-refractivity contribution in [1.29, 1.82) is 0 Å². The average Bonchev–Trinajstić information content (AvgIpc) is 3.27. The summed E-state index contributed by atoms with van der Waals surface area (Å²) in [6, 6.07) is 11.5. The van der Waals surface area contributed by atoms with Gasteiger partial charge in [-0.1, -0.05) is 12.1 Å². The van der Waals surface area contributed by atoms with Crippen molar-refractivity contribution in [2.75, 3.05) is 10.8 Å². The predicted molar refractivity (Wildman–Crippen MR) is 106 cm³/mol. The number of hydrogen-bond donors (Lipinski definition) is 0. The number of nitrogens with zero attached hydrogens (tertiary/aromatic N) is 5. The van der Waals surface area contributed by atoms with Crippen LogP contribution in [0.2, 0.25) is 0 Å². The van der Waals surface area contributed by atoms with Crippen molar-refractivity contribution in [3.05, 3.63) is 66.2 Å². The van der Waals surface area contributed by atoms with Gasteiger partial charge in [-0.3, -0.25) is 9.55 Å². The number of alkyl halides is 3. The van der Waals surface area contributed by atoms with Crippen molar-refractivity contribution < 1.29 is 13.2 Å². The Kier molecular flexibility index (Phi) is 4.02. The zero-order valence-electron chi connectivity index (χ0n) is 15.2. The van der Waals surface area contributed by atoms with Crippen LogP contribution < -0.4 is 4.90 Å². The van der Waals surface area contributed by atoms with E-state index in [-0.39, 0.29) is 0 Å². The number of anilines is 2. The Morgan fingerprint density at radius 3 is 2.62 bits per heavy atom. The van der Waals surface area contributed by atoms with E-state index in [0.717, 1.165) is 22.9 Å². The minimum absolute atomic E-state index is 0.471. The Hall–Kier alpha value is -3.07. The van der Waals surface area contributed by atoms with Gasteiger partial charge in [0, 0.05) is 4.90 Å². The van der Waals surface area contributed by atoms with Gasteiger partial charge in [0.2, 0.25) is 0 Å². The largest absolute Gasteiger partial charge is 0.416 e. The van der Waals surface area contributed by atoms with Crippen LogP contribution in [-0.2, 0) is 6.18 Å². The molecular formula is C20H14F3N5S. The van der Waals surface area contributed by atoms with Gasteiger partial charge in [0.1, 0.15) is 5.82 Å². The molecular weight excluding hydrogens is 399 g/mol. The third-order valence-electron chi connectivity index (χ3n) is 4.77. The summed E-state index contributed by atoms with van der Waals surface area (Å²) in [6.07, 6.45) is -1.09. The van der Waals surface area contributed by atoms with Gasteiger partial charge in [-0.25, -0.2) is 9.97 Å². The smallest absolute Gasteiger partial charge is 0.314 e. The molecule has 9 heteroatoms. The SMILES string of the molecule is Cc1nc2ccccc2n1-c1cncc(N2CSc3cc(C(F)(F)F)ccc32)n1. The molecule has 0 N–H and O–H groups in total. The van der Waals surface area contributed by atoms with E-state index in [2.05, 4.69) is 9.97 Å². The first-order valence-electron chi connectivity index (χ1n) is 8.80. The van der Waals surface area contributed by atoms with E-state index in [9.17, 15) is 13.2 Å². The van der Waals surface area contributed by atoms with Gasteiger partial charge in [-0.15, -0.1) is 11.8 Å². The van der Waals surface area contributed by atoms with Gasteiger partial charge in [-0.05, 0) is 37.3 Å². The molecule has 5 rings (SSSR count). The molecule has 5 nitrogen and oxygen atoms in total. The van der Waals surface area contributed by atoms with Crippen molar-refractivity contribution in [2.45, 2.75) is 18.0 Å². The van der Waals surface area contributed by atoms with Crippen molar-refractivity contribution in [2.24, 2.45) is 0 Å². The third kappa shape index (κ3) is 3.02. The molecule has 0 spiro atoms. The van der Waals surface area contributed by atoms with Crippen LogP contribution in [0.1, 0.15) is 11.4 Å². The predicted octanol–water partition coefficient (Wildman–Crippen LogP) is 5.34. The first-order valence-corrected chi connectivity index (χ1v) is 9.78. The number of imidazole rings is 1. The van der Waals surface area contributed by atoms with E-state index < -0.39 is 11.7 Å². The standard InChI is InChI=1S/C20H14F3N5S/c1-12-25-14-4-2-3-5-15(14)28(12)19-10-24-9-18(26-19)27-11-29-17-8-13(20(21,22)23)6-7-16(17)27/h2-10H,11H2,1H3. The first-order chi connectivity index (χ1) is 13.9. The van der Waals surface area contributed by atoms with Crippen molar-refractivity contribution in [3.8, 4) is 5.82 Å². The van der Waals surface area contributed by atoms with Crippen LogP contribution in [0.5, 0.6) is 0 Å². The van der Waals surface area contributed by atoms with Crippen molar-refractivity contribution in [1.82, 2.24) is 19.5 Å². The fourth-order valence-corrected chi connectivity index (χ4v) is 4.52. The van der Waals surface area contributed by atoms with Crippen molar-refractivity contribution >= 4 is 34.3 Å². The Labute approximate surface area is 168 Å². The molecule has 4 aromatic rings. The molecule has 2 aromatic carbocycles. The number of para-hydroxylation sites is 2. The number of aryl methyl sites for hydroxylation is 1. The Bertz CT molecular complexity index is 1230. The fourth-order valence-electron chi connectivity index (χ4n) is 3.44. The van der Waals surface area contributed by atoms with E-state index in [1.54, 1.807) is 12.4 Å². The lowest BCUT2D eigenvalue weighted by Gasteiger charge is -2.18. The van der Waals surface area contributed by atoms with E-state index >= 15 is 0 Å². The Balaban J connectivity index is 1.56. The number of aromatic nitrogens is 4. The molecule has 29 heavy (non-hydrogen) atoms. The molecule has 1 aliphatic heterocycles. The highest BCUT2D eigenvalue weighted by molar-refractivity contribution is 7.99. The van der Waals surface area contributed by atoms with Crippen LogP contribution >= 0.6 is 11.8 Å². The normalized spacial score (nSPS) is 13.9. The molecule has 0 amide bonds. The molecule has 3 heterocycles. The Morgan fingerprint density at radius 2 is 1.79 bits per heavy atom. The summed E-state index contributed by atoms with van der Waals surface area (Å²) in [5, 5.41) is 0. The number of fused-ring (bicyclic) bond motifs is 2. The highest BCUT2D eigenvalue weighted by Crippen LogP contribution is 2.44. The molecule has 0 saturated carbocycles. The van der Waals surface area contributed by atoms with Crippen LogP contribution in [0.4, 0.5) is 24.7 Å². The third-order valence-corrected chi connectivity index (χ3v) is 5.80. The van der Waals surface area contributed by atoms with Crippen LogP contribution in [0, 0.1) is 6.92 Å². The van der Waals surface area contributed by atoms with Crippen LogP contribution in [-0.4, -0.2) is 25.4 Å². The molecule has 146 valence electrons. The topological polar surface area (TPSA) is 46.8 Å². The zero-order chi connectivity index (χ0) is 20.2. The van der Waals surface area contributed by atoms with Gasteiger partial charge >= 0.3 is 6.18 Å². The molecule has 1 aliphatic rings. The maximum absolute atomic E-state index is 13.0. The van der Waals surface area contributed by atoms with Gasteiger partial charge in [-0.2, -0.15) is 13.2 Å². The first kappa shape index (κ1) is 18.0. The quantitative estimate of drug-likeness (QED) is 0.444. The summed E-state index contributed by atoms with van der Waals surface area (Å²) < 4.78 is 40.9. The molecule has 0 unspecified atom stereocenters. The molecule has 0 atom stereocenters. The molecule has 0 bridgehead atoms. The lowest BCUT2D eigenvalue weighted by molar-refractivity contribution is -0.137. The Morgan fingerprint density at radius 1 is 1.00 bits per heavy atom. The number of hydrogen-bond acceptors (Lipinski definition) is 5. The van der Waals surface area contributed by atoms with Crippen molar-refractivity contribution in [3.63, 3.8) is 0 Å². The molecule has 2 aromatic heterocycles. The van der Waals surface area contributed by atoms with Gasteiger partial charge in [0.15, 0.2) is 11.6 Å². The molecule has 0 saturated heterocycles.